The van der Waals surface area contributed by atoms with Crippen LogP contribution in [0.5, 0.6) is 11.5 Å². The second kappa shape index (κ2) is 12.6. The first kappa shape index (κ1) is 28.7. The maximum atomic E-state index is 6.49. The second-order valence-corrected chi connectivity index (χ2v) is 18.9. The van der Waals surface area contributed by atoms with Gasteiger partial charge in [-0.25, -0.2) is 0 Å². The molecule has 2 atom stereocenters. The topological polar surface area (TPSA) is 67.6 Å². The van der Waals surface area contributed by atoms with Gasteiger partial charge in [0.05, 0.1) is 12.2 Å². The molecule has 0 bridgehead atoms. The van der Waals surface area contributed by atoms with Gasteiger partial charge in [0.2, 0.25) is 0 Å². The molecule has 7 nitrogen and oxygen atoms in total. The van der Waals surface area contributed by atoms with Crippen LogP contribution in [0.15, 0.2) is 24.4 Å². The molecule has 198 valence electrons. The van der Waals surface area contributed by atoms with Crippen LogP contribution in [0.3, 0.4) is 0 Å². The first-order chi connectivity index (χ1) is 16.5. The van der Waals surface area contributed by atoms with E-state index in [0.717, 1.165) is 23.1 Å². The normalized spacial score (nSPS) is 22.8. The molecule has 1 aliphatic rings. The summed E-state index contributed by atoms with van der Waals surface area (Å²) in [6, 6.07) is 6.47. The summed E-state index contributed by atoms with van der Waals surface area (Å²) in [5.41, 5.74) is 1.60. The first-order valence-corrected chi connectivity index (χ1v) is 20.0. The molecule has 1 aromatic carbocycles. The number of nitrogens with zero attached hydrogens (tertiary/aromatic N) is 3. The fourth-order valence-corrected chi connectivity index (χ4v) is 8.69. The monoisotopic (exact) mass is 631 g/mol. The van der Waals surface area contributed by atoms with Crippen molar-refractivity contribution in [2.45, 2.75) is 85.6 Å². The summed E-state index contributed by atoms with van der Waals surface area (Å²) in [7, 11) is 9.93. The van der Waals surface area contributed by atoms with E-state index in [4.69, 9.17) is 37.7 Å². The molecule has 0 saturated carbocycles. The van der Waals surface area contributed by atoms with Crippen LogP contribution in [0, 0.1) is 11.8 Å². The second-order valence-electron chi connectivity index (χ2n) is 9.97. The molecule has 35 heavy (non-hydrogen) atoms. The van der Waals surface area contributed by atoms with Crippen molar-refractivity contribution < 1.29 is 31.8 Å². The van der Waals surface area contributed by atoms with Crippen molar-refractivity contribution in [2.75, 3.05) is 0 Å². The Labute approximate surface area is 223 Å². The molecule has 2 heterocycles. The first-order valence-electron chi connectivity index (χ1n) is 12.0. The van der Waals surface area contributed by atoms with Gasteiger partial charge in [0.1, 0.15) is 0 Å². The summed E-state index contributed by atoms with van der Waals surface area (Å²) in [4.78, 5) is 0. The third-order valence-electron chi connectivity index (χ3n) is 5.71. The average molecular weight is 632 g/mol. The van der Waals surface area contributed by atoms with Crippen molar-refractivity contribution in [3.63, 3.8) is 0 Å². The van der Waals surface area contributed by atoms with Gasteiger partial charge >= 0.3 is 157 Å². The molecule has 2 aromatic rings. The molecule has 1 saturated heterocycles. The van der Waals surface area contributed by atoms with Crippen LogP contribution in [0.25, 0.3) is 0 Å². The zero-order chi connectivity index (χ0) is 25.8. The van der Waals surface area contributed by atoms with Crippen LogP contribution in [-0.2, 0) is 35.5 Å². The molecule has 0 radical (unpaired) electrons. The van der Waals surface area contributed by atoms with Crippen LogP contribution in [0.2, 0.25) is 12.6 Å². The fourth-order valence-electron chi connectivity index (χ4n) is 4.02. The van der Waals surface area contributed by atoms with Gasteiger partial charge in [-0.15, -0.1) is 0 Å². The third-order valence-corrected chi connectivity index (χ3v) is 10.2. The number of aryl methyl sites for hydroxylation is 1. The van der Waals surface area contributed by atoms with Crippen molar-refractivity contribution in [1.29, 1.82) is 0 Å². The van der Waals surface area contributed by atoms with Crippen molar-refractivity contribution in [3.8, 4) is 11.5 Å². The minimum absolute atomic E-state index is 0.0492. The van der Waals surface area contributed by atoms with Gasteiger partial charge < -0.3 is 8.85 Å². The number of halogens is 2. The average Bonchev–Trinajstić information content (AvgIpc) is 3.36. The molecule has 1 aromatic heterocycles. The molecule has 11 heteroatoms. The summed E-state index contributed by atoms with van der Waals surface area (Å²) in [5.74, 6) is 2.29. The Morgan fingerprint density at radius 3 is 2.34 bits per heavy atom. The Balaban J connectivity index is 1.59. The summed E-state index contributed by atoms with van der Waals surface area (Å²) in [6.45, 7) is 15.9. The van der Waals surface area contributed by atoms with Crippen LogP contribution >= 0.6 is 19.4 Å². The maximum absolute atomic E-state index is 6.49. The van der Waals surface area contributed by atoms with E-state index >= 15 is 0 Å². The zero-order valence-corrected chi connectivity index (χ0v) is 25.7. The predicted octanol–water partition coefficient (Wildman–Crippen LogP) is 5.89. The van der Waals surface area contributed by atoms with Crippen LogP contribution < -0.4 is 9.47 Å². The van der Waals surface area contributed by atoms with E-state index < -0.39 is 22.1 Å². The van der Waals surface area contributed by atoms with Gasteiger partial charge in [-0.2, -0.15) is 0 Å². The standard InChI is InChI=1S/C24H37N3O4Si.2ClH.Ru/c1-16(2)23-24(17(3)4)31-32(8,30-23)12-11-27-14-20(25-26-27)15-28-21-9-10-22(19(7)13-21)29-18(5)6;;;/h7,9-10,13-14,16-18,23-24H,11-12,15H2,1-6,8H3;2*1H;/q;;;+2/p-2. The summed E-state index contributed by atoms with van der Waals surface area (Å²) < 4.78 is 28.5. The molecule has 1 aliphatic heterocycles. The van der Waals surface area contributed by atoms with Gasteiger partial charge in [0.15, 0.2) is 0 Å². The fraction of sp³-hybridized carbons (Fsp3) is 0.625. The van der Waals surface area contributed by atoms with E-state index in [0.29, 0.717) is 30.7 Å². The van der Waals surface area contributed by atoms with E-state index in [1.807, 2.05) is 47.5 Å². The van der Waals surface area contributed by atoms with Crippen molar-refractivity contribution in [3.05, 3.63) is 35.7 Å². The summed E-state index contributed by atoms with van der Waals surface area (Å²) in [6.07, 6.45) is 2.27. The number of rotatable bonds is 11. The molecule has 3 rings (SSSR count). The minimum atomic E-state index is -2.27. The van der Waals surface area contributed by atoms with Crippen LogP contribution in [0.1, 0.15) is 52.8 Å². The number of benzene rings is 1. The Morgan fingerprint density at radius 1 is 1.11 bits per heavy atom. The summed E-state index contributed by atoms with van der Waals surface area (Å²) in [5, 5.41) is 8.54. The van der Waals surface area contributed by atoms with Gasteiger partial charge in [-0.1, -0.05) is 27.7 Å². The molecule has 0 aliphatic carbocycles. The van der Waals surface area contributed by atoms with Crippen molar-refractivity contribution >= 4 is 32.6 Å². The van der Waals surface area contributed by atoms with E-state index in [-0.39, 0.29) is 18.3 Å². The van der Waals surface area contributed by atoms with Gasteiger partial charge in [0, 0.05) is 0 Å². The Morgan fingerprint density at radius 2 is 1.77 bits per heavy atom. The van der Waals surface area contributed by atoms with Gasteiger partial charge in [-0.3, -0.25) is 0 Å². The SMILES string of the molecule is CC(C)Oc1ccc(OCc2cn(CC[Si]3(C)OC(C(C)C)C(C(C)C)O3)nn2)cc1[CH]=[Ru]([Cl])[Cl]. The van der Waals surface area contributed by atoms with E-state index in [2.05, 4.69) is 44.6 Å². The number of aromatic nitrogens is 3. The Hall–Kier alpha value is -0.830. The summed E-state index contributed by atoms with van der Waals surface area (Å²) >= 11 is -2.01. The Kier molecular flexibility index (Phi) is 10.4. The molecule has 2 unspecified atom stereocenters. The van der Waals surface area contributed by atoms with Gasteiger partial charge in [0.25, 0.3) is 0 Å². The molecule has 0 N–H and O–H groups in total. The van der Waals surface area contributed by atoms with E-state index in [9.17, 15) is 0 Å². The van der Waals surface area contributed by atoms with Crippen molar-refractivity contribution in [2.24, 2.45) is 11.8 Å². The third kappa shape index (κ3) is 8.34. The zero-order valence-electron chi connectivity index (χ0n) is 21.5. The van der Waals surface area contributed by atoms with Crippen LogP contribution in [-0.4, -0.2) is 46.5 Å². The molecule has 0 amide bonds. The molecule has 0 spiro atoms. The Bertz CT molecular complexity index is 998. The number of hydrogen-bond acceptors (Lipinski definition) is 6. The van der Waals surface area contributed by atoms with E-state index in [1.165, 1.54) is 0 Å². The van der Waals surface area contributed by atoms with Crippen LogP contribution in [0.4, 0.5) is 0 Å². The number of hydrogen-bond donors (Lipinski definition) is 0. The molecule has 1 fully saturated rings. The number of ether oxygens (including phenoxy) is 2. The van der Waals surface area contributed by atoms with E-state index in [1.54, 1.807) is 0 Å². The van der Waals surface area contributed by atoms with Crippen molar-refractivity contribution in [1.82, 2.24) is 15.0 Å². The molecular formula is C24H37Cl2N3O4RuSi. The molecular weight excluding hydrogens is 594 g/mol. The van der Waals surface area contributed by atoms with Gasteiger partial charge in [-0.05, 0) is 18.4 Å². The quantitative estimate of drug-likeness (QED) is 0.289. The predicted molar refractivity (Wildman–Crippen MR) is 139 cm³/mol.